The quantitative estimate of drug-likeness (QED) is 0.716. The molecule has 0 bridgehead atoms. The van der Waals surface area contributed by atoms with Crippen molar-refractivity contribution >= 4 is 0 Å². The maximum Gasteiger partial charge on any atom is 0.257 e. The van der Waals surface area contributed by atoms with Gasteiger partial charge < -0.3 is 5.73 Å². The van der Waals surface area contributed by atoms with E-state index in [1.807, 2.05) is 0 Å². The van der Waals surface area contributed by atoms with E-state index in [1.54, 1.807) is 0 Å². The molecule has 0 radical (unpaired) electrons. The van der Waals surface area contributed by atoms with Gasteiger partial charge in [0.1, 0.15) is 11.6 Å². The monoisotopic (exact) mass is 193 g/mol. The van der Waals surface area contributed by atoms with Gasteiger partial charge in [0.25, 0.3) is 6.43 Å². The summed E-state index contributed by atoms with van der Waals surface area (Å²) in [6.45, 7) is 0. The Morgan fingerprint density at radius 1 is 1.15 bits per heavy atom. The molecule has 0 spiro atoms. The zero-order valence-corrected chi connectivity index (χ0v) is 6.48. The van der Waals surface area contributed by atoms with Gasteiger partial charge in [-0.15, -0.1) is 0 Å². The molecule has 0 aliphatic carbocycles. The van der Waals surface area contributed by atoms with Gasteiger partial charge in [-0.3, -0.25) is 0 Å². The van der Waals surface area contributed by atoms with Gasteiger partial charge in [0.15, 0.2) is 0 Å². The van der Waals surface area contributed by atoms with Gasteiger partial charge >= 0.3 is 0 Å². The lowest BCUT2D eigenvalue weighted by atomic mass is 10.1. The third-order valence-corrected chi connectivity index (χ3v) is 1.59. The Hall–Kier alpha value is -1.10. The average Bonchev–Trinajstić information content (AvgIpc) is 2.08. The summed E-state index contributed by atoms with van der Waals surface area (Å²) in [5, 5.41) is 0. The lowest BCUT2D eigenvalue weighted by Gasteiger charge is -2.11. The minimum Gasteiger partial charge on any atom is -0.319 e. The maximum atomic E-state index is 12.8. The smallest absolute Gasteiger partial charge is 0.257 e. The van der Waals surface area contributed by atoms with Crippen molar-refractivity contribution in [3.8, 4) is 0 Å². The van der Waals surface area contributed by atoms with Gasteiger partial charge in [-0.25, -0.2) is 17.6 Å². The van der Waals surface area contributed by atoms with Gasteiger partial charge in [-0.05, 0) is 18.2 Å². The molecular formula is C8H7F4N. The Labute approximate surface area is 72.2 Å². The van der Waals surface area contributed by atoms with Crippen LogP contribution in [0.1, 0.15) is 11.6 Å². The van der Waals surface area contributed by atoms with E-state index in [0.717, 1.165) is 12.1 Å². The number of halogens is 4. The molecule has 0 aliphatic heterocycles. The minimum atomic E-state index is -2.91. The number of hydrogen-bond acceptors (Lipinski definition) is 1. The highest BCUT2D eigenvalue weighted by Crippen LogP contribution is 2.21. The molecule has 0 aliphatic rings. The summed E-state index contributed by atoms with van der Waals surface area (Å²) in [6.07, 6.45) is -2.91. The summed E-state index contributed by atoms with van der Waals surface area (Å²) in [5.41, 5.74) is 4.45. The van der Waals surface area contributed by atoms with Crippen LogP contribution in [0.25, 0.3) is 0 Å². The van der Waals surface area contributed by atoms with Gasteiger partial charge in [0.05, 0.1) is 6.04 Å². The fourth-order valence-corrected chi connectivity index (χ4v) is 0.906. The van der Waals surface area contributed by atoms with Crippen LogP contribution in [0.2, 0.25) is 0 Å². The fraction of sp³-hybridized carbons (Fsp3) is 0.250. The van der Waals surface area contributed by atoms with Crippen LogP contribution in [-0.2, 0) is 0 Å². The van der Waals surface area contributed by atoms with Crippen LogP contribution in [0.4, 0.5) is 17.6 Å². The second-order valence-corrected chi connectivity index (χ2v) is 2.53. The third-order valence-electron chi connectivity index (χ3n) is 1.59. The van der Waals surface area contributed by atoms with Crippen molar-refractivity contribution in [2.24, 2.45) is 5.73 Å². The summed E-state index contributed by atoms with van der Waals surface area (Å²) in [6, 6.07) is 0.506. The first-order chi connectivity index (χ1) is 6.02. The predicted octanol–water partition coefficient (Wildman–Crippen LogP) is 2.23. The predicted molar refractivity (Wildman–Crippen MR) is 39.3 cm³/mol. The van der Waals surface area contributed by atoms with Crippen molar-refractivity contribution in [2.75, 3.05) is 0 Å². The molecule has 0 saturated heterocycles. The first-order valence-corrected chi connectivity index (χ1v) is 3.51. The summed E-state index contributed by atoms with van der Waals surface area (Å²) >= 11 is 0. The number of nitrogens with two attached hydrogens (primary N) is 1. The molecule has 5 heteroatoms. The molecule has 1 aromatic rings. The number of rotatable bonds is 2. The largest absolute Gasteiger partial charge is 0.319 e. The molecule has 1 aromatic carbocycles. The van der Waals surface area contributed by atoms with E-state index in [0.29, 0.717) is 6.07 Å². The molecule has 1 rings (SSSR count). The molecule has 0 heterocycles. The first kappa shape index (κ1) is 9.98. The molecule has 1 atom stereocenters. The molecule has 1 nitrogen and oxygen atoms in total. The summed E-state index contributed by atoms with van der Waals surface area (Å²) in [4.78, 5) is 0. The van der Waals surface area contributed by atoms with E-state index in [1.165, 1.54) is 0 Å². The summed E-state index contributed by atoms with van der Waals surface area (Å²) < 4.78 is 49.3. The second kappa shape index (κ2) is 3.74. The zero-order chi connectivity index (χ0) is 10.0. The van der Waals surface area contributed by atoms with E-state index in [9.17, 15) is 17.6 Å². The summed E-state index contributed by atoms with van der Waals surface area (Å²) in [7, 11) is 0. The Morgan fingerprint density at radius 3 is 2.31 bits per heavy atom. The zero-order valence-electron chi connectivity index (χ0n) is 6.48. The highest BCUT2D eigenvalue weighted by atomic mass is 19.3. The van der Waals surface area contributed by atoms with Crippen LogP contribution < -0.4 is 5.73 Å². The molecule has 0 saturated carbocycles. The average molecular weight is 193 g/mol. The molecule has 1 unspecified atom stereocenters. The lowest BCUT2D eigenvalue weighted by Crippen LogP contribution is -2.20. The van der Waals surface area contributed by atoms with Crippen LogP contribution in [0.15, 0.2) is 18.2 Å². The number of alkyl halides is 2. The Kier molecular flexibility index (Phi) is 2.87. The Balaban J connectivity index is 3.05. The Bertz CT molecular complexity index is 300. The molecule has 72 valence electrons. The van der Waals surface area contributed by atoms with Gasteiger partial charge in [0, 0.05) is 5.56 Å². The van der Waals surface area contributed by atoms with Crippen LogP contribution >= 0.6 is 0 Å². The lowest BCUT2D eigenvalue weighted by molar-refractivity contribution is 0.114. The van der Waals surface area contributed by atoms with E-state index in [4.69, 9.17) is 5.73 Å². The minimum absolute atomic E-state index is 0.505. The van der Waals surface area contributed by atoms with Gasteiger partial charge in [0.2, 0.25) is 0 Å². The van der Waals surface area contributed by atoms with Crippen molar-refractivity contribution in [1.82, 2.24) is 0 Å². The number of benzene rings is 1. The Morgan fingerprint density at radius 2 is 1.77 bits per heavy atom. The normalized spacial score (nSPS) is 13.4. The van der Waals surface area contributed by atoms with Crippen molar-refractivity contribution in [2.45, 2.75) is 12.5 Å². The van der Waals surface area contributed by atoms with Crippen LogP contribution in [0.5, 0.6) is 0 Å². The highest BCUT2D eigenvalue weighted by molar-refractivity contribution is 5.22. The van der Waals surface area contributed by atoms with Crippen LogP contribution in [0, 0.1) is 11.6 Å². The van der Waals surface area contributed by atoms with Crippen LogP contribution in [0.3, 0.4) is 0 Å². The fourth-order valence-electron chi connectivity index (χ4n) is 0.906. The SMILES string of the molecule is NC(c1cc(F)ccc1F)C(F)F. The molecule has 0 aromatic heterocycles. The molecular weight excluding hydrogens is 186 g/mol. The molecule has 13 heavy (non-hydrogen) atoms. The van der Waals surface area contributed by atoms with Crippen molar-refractivity contribution in [3.05, 3.63) is 35.4 Å². The van der Waals surface area contributed by atoms with Crippen molar-refractivity contribution in [1.29, 1.82) is 0 Å². The van der Waals surface area contributed by atoms with E-state index >= 15 is 0 Å². The van der Waals surface area contributed by atoms with Crippen LogP contribution in [-0.4, -0.2) is 6.43 Å². The molecule has 0 fully saturated rings. The van der Waals surface area contributed by atoms with Crippen molar-refractivity contribution < 1.29 is 17.6 Å². The first-order valence-electron chi connectivity index (χ1n) is 3.51. The second-order valence-electron chi connectivity index (χ2n) is 2.53. The summed E-state index contributed by atoms with van der Waals surface area (Å²) in [5.74, 6) is -1.71. The maximum absolute atomic E-state index is 12.8. The van der Waals surface area contributed by atoms with Gasteiger partial charge in [-0.1, -0.05) is 0 Å². The van der Waals surface area contributed by atoms with E-state index in [2.05, 4.69) is 0 Å². The number of hydrogen-bond donors (Lipinski definition) is 1. The van der Waals surface area contributed by atoms with E-state index in [-0.39, 0.29) is 0 Å². The van der Waals surface area contributed by atoms with Gasteiger partial charge in [-0.2, -0.15) is 0 Å². The standard InChI is InChI=1S/C8H7F4N/c9-4-1-2-6(10)5(3-4)7(13)8(11)12/h1-3,7-8H,13H2. The van der Waals surface area contributed by atoms with Crippen molar-refractivity contribution in [3.63, 3.8) is 0 Å². The highest BCUT2D eigenvalue weighted by Gasteiger charge is 2.21. The third kappa shape index (κ3) is 2.18. The topological polar surface area (TPSA) is 26.0 Å². The van der Waals surface area contributed by atoms with E-state index < -0.39 is 29.7 Å². The molecule has 2 N–H and O–H groups in total. The molecule has 0 amide bonds.